The molecule has 3 aromatic heterocycles. The van der Waals surface area contributed by atoms with Gasteiger partial charge in [0.25, 0.3) is 0 Å². The highest BCUT2D eigenvalue weighted by molar-refractivity contribution is 6.16. The van der Waals surface area contributed by atoms with E-state index in [1.807, 2.05) is 81.8 Å². The molecule has 8 nitrogen and oxygen atoms in total. The van der Waals surface area contributed by atoms with Gasteiger partial charge in [0.1, 0.15) is 11.4 Å². The smallest absolute Gasteiger partial charge is 0.418 e. The molecule has 30 heavy (non-hydrogen) atoms. The summed E-state index contributed by atoms with van der Waals surface area (Å²) in [6.45, 7) is 5.55. The Hall–Kier alpha value is -3.55. The molecule has 2 N–H and O–H groups in total. The van der Waals surface area contributed by atoms with Crippen LogP contribution in [0.3, 0.4) is 0 Å². The number of carbonyl (C=O) groups excluding carboxylic acids is 1. The first-order valence-electron chi connectivity index (χ1n) is 9.70. The number of anilines is 2. The van der Waals surface area contributed by atoms with E-state index in [0.29, 0.717) is 0 Å². The third-order valence-corrected chi connectivity index (χ3v) is 4.85. The first-order valence-corrected chi connectivity index (χ1v) is 9.70. The van der Waals surface area contributed by atoms with Crippen LogP contribution < -0.4 is 10.6 Å². The van der Waals surface area contributed by atoms with Crippen molar-refractivity contribution in [2.24, 2.45) is 7.05 Å². The molecule has 1 aromatic carbocycles. The molecule has 0 aliphatic heterocycles. The Bertz CT molecular complexity index is 1280. The number of rotatable bonds is 2. The maximum atomic E-state index is 12.8. The van der Waals surface area contributed by atoms with Crippen LogP contribution in [0, 0.1) is 0 Å². The molecule has 0 bridgehead atoms. The number of aromatic nitrogens is 4. The molecule has 0 radical (unpaired) electrons. The van der Waals surface area contributed by atoms with Crippen molar-refractivity contribution in [3.8, 4) is 11.3 Å². The molecule has 4 rings (SSSR count). The lowest BCUT2D eigenvalue weighted by Gasteiger charge is -2.21. The van der Waals surface area contributed by atoms with Gasteiger partial charge in [0, 0.05) is 44.5 Å². The van der Waals surface area contributed by atoms with Gasteiger partial charge in [-0.3, -0.25) is 4.57 Å². The molecule has 0 saturated carbocycles. The number of carbonyl (C=O) groups is 1. The van der Waals surface area contributed by atoms with Gasteiger partial charge in [0.2, 0.25) is 5.95 Å². The van der Waals surface area contributed by atoms with Crippen LogP contribution in [-0.4, -0.2) is 44.9 Å². The number of fused-ring (bicyclic) bond motifs is 3. The molecule has 156 valence electrons. The summed E-state index contributed by atoms with van der Waals surface area (Å²) < 4.78 is 9.15. The summed E-state index contributed by atoms with van der Waals surface area (Å²) in [6.07, 6.45) is 3.27. The average Bonchev–Trinajstić information content (AvgIpc) is 3.26. The maximum absolute atomic E-state index is 12.8. The molecule has 8 heteroatoms. The maximum Gasteiger partial charge on any atom is 0.418 e. The zero-order chi connectivity index (χ0) is 21.8. The van der Waals surface area contributed by atoms with Crippen LogP contribution in [-0.2, 0) is 11.8 Å². The van der Waals surface area contributed by atoms with Crippen LogP contribution in [0.1, 0.15) is 20.8 Å². The number of hydrogen-bond acceptors (Lipinski definition) is 6. The fraction of sp³-hybridized carbons (Fsp3) is 0.318. The lowest BCUT2D eigenvalue weighted by Crippen LogP contribution is -2.27. The van der Waals surface area contributed by atoms with Crippen molar-refractivity contribution in [2.75, 3.05) is 24.7 Å². The van der Waals surface area contributed by atoms with E-state index < -0.39 is 11.7 Å². The van der Waals surface area contributed by atoms with E-state index in [1.54, 1.807) is 6.20 Å². The van der Waals surface area contributed by atoms with Crippen molar-refractivity contribution >= 4 is 39.7 Å². The van der Waals surface area contributed by atoms with Crippen LogP contribution in [0.15, 0.2) is 36.7 Å². The number of ether oxygens (including phenoxy) is 1. The Morgan fingerprint density at radius 2 is 1.90 bits per heavy atom. The molecular formula is C22H26N6O2. The van der Waals surface area contributed by atoms with Gasteiger partial charge in [-0.2, -0.15) is 4.98 Å². The van der Waals surface area contributed by atoms with Gasteiger partial charge in [0.15, 0.2) is 0 Å². The van der Waals surface area contributed by atoms with Crippen molar-refractivity contribution in [1.82, 2.24) is 19.1 Å². The minimum Gasteiger partial charge on any atom is -0.443 e. The standard InChI is InChI=1S/C22H26N6O2/c1-22(2,3)30-21(29)28-10-7-8-16(28)14-12-15-17(13-9-11-27(6)18(13)14)19(26(4)5)25-20(23)24-15/h7-12H,1-6H3,(H2,23,24,25). The second-order valence-corrected chi connectivity index (χ2v) is 8.55. The van der Waals surface area contributed by atoms with Gasteiger partial charge >= 0.3 is 6.09 Å². The third-order valence-electron chi connectivity index (χ3n) is 4.85. The van der Waals surface area contributed by atoms with Crippen molar-refractivity contribution in [3.63, 3.8) is 0 Å². The van der Waals surface area contributed by atoms with Crippen LogP contribution in [0.25, 0.3) is 33.1 Å². The van der Waals surface area contributed by atoms with Crippen molar-refractivity contribution in [3.05, 3.63) is 36.7 Å². The molecule has 0 atom stereocenters. The quantitative estimate of drug-likeness (QED) is 0.541. The first kappa shape index (κ1) is 19.8. The molecule has 0 aliphatic carbocycles. The van der Waals surface area contributed by atoms with E-state index in [1.165, 1.54) is 4.57 Å². The summed E-state index contributed by atoms with van der Waals surface area (Å²) in [5.41, 5.74) is 8.68. The second-order valence-electron chi connectivity index (χ2n) is 8.55. The van der Waals surface area contributed by atoms with Gasteiger partial charge in [-0.25, -0.2) is 9.78 Å². The Morgan fingerprint density at radius 3 is 2.57 bits per heavy atom. The second kappa shape index (κ2) is 6.76. The minimum atomic E-state index is -0.593. The molecule has 4 aromatic rings. The highest BCUT2D eigenvalue weighted by Crippen LogP contribution is 2.38. The zero-order valence-electron chi connectivity index (χ0n) is 18.1. The van der Waals surface area contributed by atoms with Crippen LogP contribution >= 0.6 is 0 Å². The Kier molecular flexibility index (Phi) is 4.45. The predicted octanol–water partition coefficient (Wildman–Crippen LogP) is 4.02. The van der Waals surface area contributed by atoms with Gasteiger partial charge in [-0.1, -0.05) is 0 Å². The van der Waals surface area contributed by atoms with Crippen molar-refractivity contribution < 1.29 is 9.53 Å². The number of nitrogen functional groups attached to an aromatic ring is 1. The van der Waals surface area contributed by atoms with E-state index in [9.17, 15) is 4.79 Å². The minimum absolute atomic E-state index is 0.204. The zero-order valence-corrected chi connectivity index (χ0v) is 18.1. The number of nitrogens with two attached hydrogens (primary N) is 1. The Labute approximate surface area is 174 Å². The first-order chi connectivity index (χ1) is 14.1. The van der Waals surface area contributed by atoms with Crippen LogP contribution in [0.5, 0.6) is 0 Å². The van der Waals surface area contributed by atoms with Crippen LogP contribution in [0.2, 0.25) is 0 Å². The number of hydrogen-bond donors (Lipinski definition) is 1. The Balaban J connectivity index is 2.03. The van der Waals surface area contributed by atoms with Crippen molar-refractivity contribution in [1.29, 1.82) is 0 Å². The lowest BCUT2D eigenvalue weighted by molar-refractivity contribution is 0.0540. The molecule has 3 heterocycles. The molecule has 0 saturated heterocycles. The van der Waals surface area contributed by atoms with Gasteiger partial charge in [0.05, 0.1) is 22.1 Å². The number of nitrogens with zero attached hydrogens (tertiary/aromatic N) is 5. The highest BCUT2D eigenvalue weighted by Gasteiger charge is 2.23. The van der Waals surface area contributed by atoms with E-state index >= 15 is 0 Å². The van der Waals surface area contributed by atoms with Gasteiger partial charge in [-0.15, -0.1) is 0 Å². The lowest BCUT2D eigenvalue weighted by atomic mass is 10.0. The van der Waals surface area contributed by atoms with E-state index in [0.717, 1.165) is 38.9 Å². The largest absolute Gasteiger partial charge is 0.443 e. The monoisotopic (exact) mass is 406 g/mol. The topological polar surface area (TPSA) is 91.2 Å². The molecular weight excluding hydrogens is 380 g/mol. The van der Waals surface area contributed by atoms with Crippen molar-refractivity contribution in [2.45, 2.75) is 26.4 Å². The summed E-state index contributed by atoms with van der Waals surface area (Å²) >= 11 is 0. The van der Waals surface area contributed by atoms with E-state index in [2.05, 4.69) is 9.97 Å². The highest BCUT2D eigenvalue weighted by atomic mass is 16.6. The summed E-state index contributed by atoms with van der Waals surface area (Å²) in [4.78, 5) is 23.7. The normalized spacial score (nSPS) is 11.9. The molecule has 0 amide bonds. The number of aryl methyl sites for hydroxylation is 1. The van der Waals surface area contributed by atoms with E-state index in [-0.39, 0.29) is 5.95 Å². The van der Waals surface area contributed by atoms with Crippen LogP contribution in [0.4, 0.5) is 16.6 Å². The molecule has 0 unspecified atom stereocenters. The average molecular weight is 406 g/mol. The third kappa shape index (κ3) is 3.24. The fourth-order valence-corrected chi connectivity index (χ4v) is 3.71. The van der Waals surface area contributed by atoms with E-state index in [4.69, 9.17) is 10.5 Å². The molecule has 0 aliphatic rings. The predicted molar refractivity (Wildman–Crippen MR) is 120 cm³/mol. The Morgan fingerprint density at radius 1 is 1.17 bits per heavy atom. The summed E-state index contributed by atoms with van der Waals surface area (Å²) in [7, 11) is 5.83. The molecule has 0 spiro atoms. The van der Waals surface area contributed by atoms with Gasteiger partial charge in [-0.05, 0) is 45.0 Å². The summed E-state index contributed by atoms with van der Waals surface area (Å²) in [5.74, 6) is 0.956. The van der Waals surface area contributed by atoms with Gasteiger partial charge < -0.3 is 19.9 Å². The summed E-state index contributed by atoms with van der Waals surface area (Å²) in [6, 6.07) is 7.72. The number of benzene rings is 1. The SMILES string of the molecule is CN(C)c1nc(N)nc2cc(-c3cccn3C(=O)OC(C)(C)C)c3c(ccn3C)c12. The fourth-order valence-electron chi connectivity index (χ4n) is 3.71. The summed E-state index contributed by atoms with van der Waals surface area (Å²) in [5, 5.41) is 1.91. The molecule has 0 fully saturated rings.